The maximum Gasteiger partial charge on any atom is 0.282 e. The Morgan fingerprint density at radius 1 is 0.806 bits per heavy atom. The zero-order chi connectivity index (χ0) is 22.1. The molecule has 0 radical (unpaired) electrons. The maximum atomic E-state index is 13.7. The summed E-state index contributed by atoms with van der Waals surface area (Å²) >= 11 is 0. The van der Waals surface area contributed by atoms with Crippen LogP contribution < -0.4 is 15.0 Å². The van der Waals surface area contributed by atoms with Gasteiger partial charge in [-0.05, 0) is 54.1 Å². The maximum absolute atomic E-state index is 13.7. The fourth-order valence-electron chi connectivity index (χ4n) is 3.21. The molecule has 0 fully saturated rings. The van der Waals surface area contributed by atoms with E-state index in [1.807, 2.05) is 0 Å². The van der Waals surface area contributed by atoms with Crippen LogP contribution in [0.1, 0.15) is 5.56 Å². The van der Waals surface area contributed by atoms with Crippen molar-refractivity contribution >= 4 is 28.8 Å². The van der Waals surface area contributed by atoms with Crippen LogP contribution in [0.3, 0.4) is 0 Å². The number of hydrogen-bond acceptors (Lipinski definition) is 4. The first-order valence-corrected chi connectivity index (χ1v) is 9.14. The molecule has 31 heavy (non-hydrogen) atoms. The molecule has 5 nitrogen and oxygen atoms in total. The number of hydrogen-bond donors (Lipinski definition) is 1. The molecule has 1 aliphatic heterocycles. The molecule has 0 bridgehead atoms. The summed E-state index contributed by atoms with van der Waals surface area (Å²) in [6.07, 6.45) is 0. The second-order valence-corrected chi connectivity index (χ2v) is 6.65. The molecule has 8 heteroatoms. The molecule has 0 atom stereocenters. The lowest BCUT2D eigenvalue weighted by molar-refractivity contribution is -0.120. The summed E-state index contributed by atoms with van der Waals surface area (Å²) in [7, 11) is 1.49. The number of carbonyl (C=O) groups is 2. The van der Waals surface area contributed by atoms with Crippen LogP contribution in [0.2, 0.25) is 0 Å². The molecule has 0 saturated carbocycles. The number of methoxy groups -OCH3 is 1. The molecule has 0 unspecified atom stereocenters. The van der Waals surface area contributed by atoms with Crippen molar-refractivity contribution in [2.45, 2.75) is 0 Å². The van der Waals surface area contributed by atoms with Crippen molar-refractivity contribution in [1.29, 1.82) is 0 Å². The van der Waals surface area contributed by atoms with Gasteiger partial charge < -0.3 is 10.1 Å². The Kier molecular flexibility index (Phi) is 5.21. The SMILES string of the molecule is COc1ccc(N2C(=O)C(Nc3ccc(F)c(F)c3)=C(c3ccc(F)cc3)C2=O)cc1. The van der Waals surface area contributed by atoms with Gasteiger partial charge in [0.25, 0.3) is 11.8 Å². The minimum Gasteiger partial charge on any atom is -0.497 e. The van der Waals surface area contributed by atoms with Crippen LogP contribution >= 0.6 is 0 Å². The molecule has 0 saturated heterocycles. The zero-order valence-corrected chi connectivity index (χ0v) is 16.2. The van der Waals surface area contributed by atoms with Gasteiger partial charge in [0.05, 0.1) is 18.4 Å². The van der Waals surface area contributed by atoms with Crippen LogP contribution in [-0.4, -0.2) is 18.9 Å². The number of anilines is 2. The highest BCUT2D eigenvalue weighted by Gasteiger charge is 2.40. The highest BCUT2D eigenvalue weighted by molar-refractivity contribution is 6.46. The second kappa shape index (κ2) is 7.98. The minimum absolute atomic E-state index is 0.0226. The van der Waals surface area contributed by atoms with E-state index in [0.29, 0.717) is 11.3 Å². The first-order valence-electron chi connectivity index (χ1n) is 9.14. The first kappa shape index (κ1) is 20.2. The number of nitrogens with zero attached hydrogens (tertiary/aromatic N) is 1. The van der Waals surface area contributed by atoms with Gasteiger partial charge in [-0.1, -0.05) is 12.1 Å². The summed E-state index contributed by atoms with van der Waals surface area (Å²) in [5.74, 6) is -3.48. The Labute approximate surface area is 175 Å². The van der Waals surface area contributed by atoms with Crippen molar-refractivity contribution in [1.82, 2.24) is 0 Å². The van der Waals surface area contributed by atoms with Crippen molar-refractivity contribution in [3.05, 3.63) is 95.4 Å². The summed E-state index contributed by atoms with van der Waals surface area (Å²) in [5.41, 5.74) is 0.494. The first-order chi connectivity index (χ1) is 14.9. The molecule has 156 valence electrons. The van der Waals surface area contributed by atoms with Crippen molar-refractivity contribution in [2.75, 3.05) is 17.3 Å². The quantitative estimate of drug-likeness (QED) is 0.613. The van der Waals surface area contributed by atoms with Gasteiger partial charge >= 0.3 is 0 Å². The van der Waals surface area contributed by atoms with Gasteiger partial charge in [-0.2, -0.15) is 0 Å². The van der Waals surface area contributed by atoms with E-state index in [9.17, 15) is 22.8 Å². The van der Waals surface area contributed by atoms with Crippen LogP contribution in [0.25, 0.3) is 5.57 Å². The third-order valence-corrected chi connectivity index (χ3v) is 4.74. The molecule has 1 aliphatic rings. The topological polar surface area (TPSA) is 58.6 Å². The molecule has 0 spiro atoms. The predicted octanol–water partition coefficient (Wildman–Crippen LogP) is 4.51. The zero-order valence-electron chi connectivity index (χ0n) is 16.2. The summed E-state index contributed by atoms with van der Waals surface area (Å²) in [4.78, 5) is 27.4. The van der Waals surface area contributed by atoms with Gasteiger partial charge in [-0.25, -0.2) is 18.1 Å². The van der Waals surface area contributed by atoms with Gasteiger partial charge in [0.1, 0.15) is 17.3 Å². The van der Waals surface area contributed by atoms with Gasteiger partial charge in [0, 0.05) is 11.8 Å². The lowest BCUT2D eigenvalue weighted by Crippen LogP contribution is -2.32. The minimum atomic E-state index is -1.11. The van der Waals surface area contributed by atoms with Crippen molar-refractivity contribution < 1.29 is 27.5 Å². The number of imide groups is 1. The van der Waals surface area contributed by atoms with E-state index in [2.05, 4.69) is 5.32 Å². The normalized spacial score (nSPS) is 13.7. The number of nitrogens with one attached hydrogen (secondary N) is 1. The average Bonchev–Trinajstić information content (AvgIpc) is 3.01. The largest absolute Gasteiger partial charge is 0.497 e. The van der Waals surface area contributed by atoms with Crippen LogP contribution in [0.15, 0.2) is 72.4 Å². The Morgan fingerprint density at radius 2 is 1.48 bits per heavy atom. The average molecular weight is 424 g/mol. The number of ether oxygens (including phenoxy) is 1. The molecule has 3 aromatic rings. The third-order valence-electron chi connectivity index (χ3n) is 4.74. The molecular formula is C23H15F3N2O3. The highest BCUT2D eigenvalue weighted by atomic mass is 19.2. The van der Waals surface area contributed by atoms with Crippen molar-refractivity contribution in [3.63, 3.8) is 0 Å². The number of benzene rings is 3. The van der Waals surface area contributed by atoms with E-state index in [1.54, 1.807) is 12.1 Å². The number of amides is 2. The number of rotatable bonds is 5. The van der Waals surface area contributed by atoms with E-state index in [1.165, 1.54) is 37.4 Å². The van der Waals surface area contributed by atoms with Crippen LogP contribution in [0.4, 0.5) is 24.5 Å². The molecule has 1 N–H and O–H groups in total. The Bertz CT molecular complexity index is 1210. The number of halogens is 3. The molecule has 0 aromatic heterocycles. The molecule has 0 aliphatic carbocycles. The molecule has 3 aromatic carbocycles. The molecular weight excluding hydrogens is 409 g/mol. The van der Waals surface area contributed by atoms with E-state index in [-0.39, 0.29) is 22.6 Å². The van der Waals surface area contributed by atoms with Crippen LogP contribution in [0, 0.1) is 17.5 Å². The van der Waals surface area contributed by atoms with E-state index in [0.717, 1.165) is 29.2 Å². The fourth-order valence-corrected chi connectivity index (χ4v) is 3.21. The van der Waals surface area contributed by atoms with Crippen LogP contribution in [0.5, 0.6) is 5.75 Å². The summed E-state index contributed by atoms with van der Waals surface area (Å²) < 4.78 is 45.4. The van der Waals surface area contributed by atoms with Gasteiger partial charge in [0.15, 0.2) is 11.6 Å². The lowest BCUT2D eigenvalue weighted by Gasteiger charge is -2.16. The third kappa shape index (κ3) is 3.75. The highest BCUT2D eigenvalue weighted by Crippen LogP contribution is 2.34. The smallest absolute Gasteiger partial charge is 0.282 e. The summed E-state index contributed by atoms with van der Waals surface area (Å²) in [6, 6.07) is 14.3. The Hall–Kier alpha value is -4.07. The summed E-state index contributed by atoms with van der Waals surface area (Å²) in [5, 5.41) is 2.72. The molecule has 4 rings (SSSR count). The summed E-state index contributed by atoms with van der Waals surface area (Å²) in [6.45, 7) is 0. The van der Waals surface area contributed by atoms with Crippen molar-refractivity contribution in [3.8, 4) is 5.75 Å². The molecule has 2 amide bonds. The Balaban J connectivity index is 1.80. The monoisotopic (exact) mass is 424 g/mol. The van der Waals surface area contributed by atoms with Gasteiger partial charge in [-0.3, -0.25) is 9.59 Å². The van der Waals surface area contributed by atoms with Crippen LogP contribution in [-0.2, 0) is 9.59 Å². The predicted molar refractivity (Wildman–Crippen MR) is 109 cm³/mol. The fraction of sp³-hybridized carbons (Fsp3) is 0.0435. The standard InChI is InChI=1S/C23H15F3N2O3/c1-31-17-9-7-16(8-10-17)28-22(29)20(13-2-4-14(24)5-3-13)21(23(28)30)27-15-6-11-18(25)19(26)12-15/h2-12,27H,1H3. The lowest BCUT2D eigenvalue weighted by atomic mass is 10.0. The van der Waals surface area contributed by atoms with E-state index >= 15 is 0 Å². The van der Waals surface area contributed by atoms with Gasteiger partial charge in [-0.15, -0.1) is 0 Å². The molecule has 1 heterocycles. The van der Waals surface area contributed by atoms with E-state index in [4.69, 9.17) is 4.74 Å². The Morgan fingerprint density at radius 3 is 2.10 bits per heavy atom. The van der Waals surface area contributed by atoms with Crippen molar-refractivity contribution in [2.24, 2.45) is 0 Å². The van der Waals surface area contributed by atoms with E-state index < -0.39 is 29.3 Å². The van der Waals surface area contributed by atoms with Gasteiger partial charge in [0.2, 0.25) is 0 Å². The number of carbonyl (C=O) groups excluding carboxylic acids is 2. The second-order valence-electron chi connectivity index (χ2n) is 6.65.